The van der Waals surface area contributed by atoms with Crippen LogP contribution in [0.2, 0.25) is 0 Å². The number of aromatic nitrogens is 2. The third-order valence-corrected chi connectivity index (χ3v) is 3.38. The van der Waals surface area contributed by atoms with Crippen LogP contribution in [0.5, 0.6) is 0 Å². The first-order valence-corrected chi connectivity index (χ1v) is 8.77. The molecule has 0 aliphatic carbocycles. The van der Waals surface area contributed by atoms with E-state index in [1.807, 2.05) is 16.9 Å². The molecule has 0 bridgehead atoms. The van der Waals surface area contributed by atoms with Crippen molar-refractivity contribution in [1.29, 1.82) is 0 Å². The van der Waals surface area contributed by atoms with Gasteiger partial charge in [0.25, 0.3) is 0 Å². The maximum atomic E-state index is 10.9. The molecule has 1 aromatic heterocycles. The Morgan fingerprint density at radius 3 is 2.52 bits per heavy atom. The van der Waals surface area contributed by atoms with Crippen LogP contribution in [-0.4, -0.2) is 57.1 Å². The van der Waals surface area contributed by atoms with Gasteiger partial charge in [-0.1, -0.05) is 0 Å². The second-order valence-corrected chi connectivity index (χ2v) is 6.40. The van der Waals surface area contributed by atoms with Gasteiger partial charge >= 0.3 is 0 Å². The fraction of sp³-hybridized carbons (Fsp3) is 0.667. The molecule has 21 heavy (non-hydrogen) atoms. The van der Waals surface area contributed by atoms with E-state index in [2.05, 4.69) is 25.4 Å². The molecule has 0 aliphatic rings. The van der Waals surface area contributed by atoms with Crippen molar-refractivity contribution in [1.82, 2.24) is 25.1 Å². The molecular formula is C12H24N6O2S. The maximum Gasteiger partial charge on any atom is 0.208 e. The number of hydrogen-bond donors (Lipinski definition) is 3. The number of aryl methyl sites for hydroxylation is 1. The number of sulfonamides is 1. The quantitative estimate of drug-likeness (QED) is 0.320. The summed E-state index contributed by atoms with van der Waals surface area (Å²) in [6, 6.07) is 1.90. The van der Waals surface area contributed by atoms with Crippen molar-refractivity contribution in [3.05, 3.63) is 18.5 Å². The van der Waals surface area contributed by atoms with Gasteiger partial charge in [0.1, 0.15) is 0 Å². The minimum absolute atomic E-state index is 0.419. The summed E-state index contributed by atoms with van der Waals surface area (Å²) in [4.78, 5) is 4.10. The normalized spacial score (nSPS) is 12.4. The first-order valence-electron chi connectivity index (χ1n) is 6.88. The van der Waals surface area contributed by atoms with Crippen molar-refractivity contribution in [2.45, 2.75) is 19.4 Å². The predicted octanol–water partition coefficient (Wildman–Crippen LogP) is -0.622. The van der Waals surface area contributed by atoms with Crippen LogP contribution in [0.25, 0.3) is 0 Å². The highest BCUT2D eigenvalue weighted by Crippen LogP contribution is 1.88. The zero-order valence-corrected chi connectivity index (χ0v) is 13.4. The lowest BCUT2D eigenvalue weighted by atomic mass is 10.4. The number of rotatable bonds is 9. The summed E-state index contributed by atoms with van der Waals surface area (Å²) in [6.07, 6.45) is 6.49. The Kier molecular flexibility index (Phi) is 7.76. The van der Waals surface area contributed by atoms with E-state index in [4.69, 9.17) is 0 Å². The van der Waals surface area contributed by atoms with Crippen LogP contribution in [0.1, 0.15) is 12.8 Å². The molecule has 0 spiro atoms. The largest absolute Gasteiger partial charge is 0.356 e. The van der Waals surface area contributed by atoms with Gasteiger partial charge < -0.3 is 10.6 Å². The Bertz CT molecular complexity index is 512. The lowest BCUT2D eigenvalue weighted by Crippen LogP contribution is -2.39. The minimum atomic E-state index is -3.10. The van der Waals surface area contributed by atoms with Gasteiger partial charge in [0.05, 0.1) is 6.26 Å². The van der Waals surface area contributed by atoms with E-state index in [0.29, 0.717) is 19.5 Å². The van der Waals surface area contributed by atoms with Crippen molar-refractivity contribution < 1.29 is 8.42 Å². The highest BCUT2D eigenvalue weighted by molar-refractivity contribution is 7.88. The molecule has 0 radical (unpaired) electrons. The molecule has 3 N–H and O–H groups in total. The lowest BCUT2D eigenvalue weighted by Gasteiger charge is -2.11. The molecule has 9 heteroatoms. The fourth-order valence-electron chi connectivity index (χ4n) is 1.65. The van der Waals surface area contributed by atoms with E-state index in [1.165, 1.54) is 0 Å². The van der Waals surface area contributed by atoms with Gasteiger partial charge in [0.15, 0.2) is 5.96 Å². The van der Waals surface area contributed by atoms with Crippen LogP contribution in [0.15, 0.2) is 23.5 Å². The van der Waals surface area contributed by atoms with Crippen molar-refractivity contribution in [3.8, 4) is 0 Å². The molecule has 1 rings (SSSR count). The third kappa shape index (κ3) is 9.03. The van der Waals surface area contributed by atoms with Crippen LogP contribution in [-0.2, 0) is 16.6 Å². The van der Waals surface area contributed by atoms with Crippen LogP contribution in [0, 0.1) is 0 Å². The molecule has 0 aromatic carbocycles. The van der Waals surface area contributed by atoms with Gasteiger partial charge in [0, 0.05) is 45.6 Å². The summed E-state index contributed by atoms with van der Waals surface area (Å²) >= 11 is 0. The number of nitrogens with zero attached hydrogens (tertiary/aromatic N) is 3. The number of guanidine groups is 1. The zero-order valence-electron chi connectivity index (χ0n) is 12.5. The van der Waals surface area contributed by atoms with Gasteiger partial charge in [-0.2, -0.15) is 5.10 Å². The molecule has 120 valence electrons. The lowest BCUT2D eigenvalue weighted by molar-refractivity contribution is 0.569. The van der Waals surface area contributed by atoms with Gasteiger partial charge in [0.2, 0.25) is 10.0 Å². The van der Waals surface area contributed by atoms with E-state index in [0.717, 1.165) is 31.7 Å². The second kappa shape index (κ2) is 9.35. The third-order valence-electron chi connectivity index (χ3n) is 2.65. The molecule has 0 saturated carbocycles. The average Bonchev–Trinajstić information content (AvgIpc) is 2.92. The Labute approximate surface area is 126 Å². The Hall–Kier alpha value is -1.61. The van der Waals surface area contributed by atoms with Crippen molar-refractivity contribution in [2.75, 3.05) is 32.9 Å². The molecule has 0 atom stereocenters. The first kappa shape index (κ1) is 17.4. The molecule has 0 amide bonds. The van der Waals surface area contributed by atoms with Crippen molar-refractivity contribution >= 4 is 16.0 Å². The second-order valence-electron chi connectivity index (χ2n) is 4.57. The summed E-state index contributed by atoms with van der Waals surface area (Å²) in [5.74, 6) is 0.717. The van der Waals surface area contributed by atoms with Gasteiger partial charge in [-0.15, -0.1) is 0 Å². The van der Waals surface area contributed by atoms with E-state index in [-0.39, 0.29) is 0 Å². The molecule has 0 unspecified atom stereocenters. The van der Waals surface area contributed by atoms with E-state index in [1.54, 1.807) is 13.2 Å². The summed E-state index contributed by atoms with van der Waals surface area (Å²) in [5.41, 5.74) is 0. The fourth-order valence-corrected chi connectivity index (χ4v) is 2.17. The minimum Gasteiger partial charge on any atom is -0.356 e. The van der Waals surface area contributed by atoms with Crippen LogP contribution in [0.4, 0.5) is 0 Å². The van der Waals surface area contributed by atoms with Crippen molar-refractivity contribution in [3.63, 3.8) is 0 Å². The van der Waals surface area contributed by atoms with E-state index < -0.39 is 10.0 Å². The number of hydrogen-bond acceptors (Lipinski definition) is 4. The number of nitrogens with one attached hydrogen (secondary N) is 3. The average molecular weight is 316 g/mol. The monoisotopic (exact) mass is 316 g/mol. The van der Waals surface area contributed by atoms with Crippen LogP contribution >= 0.6 is 0 Å². The van der Waals surface area contributed by atoms with Crippen molar-refractivity contribution in [2.24, 2.45) is 4.99 Å². The van der Waals surface area contributed by atoms with Gasteiger partial charge in [-0.05, 0) is 18.9 Å². The Balaban J connectivity index is 2.06. The maximum absolute atomic E-state index is 10.9. The highest BCUT2D eigenvalue weighted by Gasteiger charge is 2.00. The molecule has 1 heterocycles. The molecule has 1 aromatic rings. The Morgan fingerprint density at radius 1 is 1.24 bits per heavy atom. The topological polar surface area (TPSA) is 100 Å². The number of aliphatic imine (C=N–C) groups is 1. The van der Waals surface area contributed by atoms with E-state index >= 15 is 0 Å². The van der Waals surface area contributed by atoms with Gasteiger partial charge in [-0.3, -0.25) is 9.67 Å². The van der Waals surface area contributed by atoms with E-state index in [9.17, 15) is 8.42 Å². The highest BCUT2D eigenvalue weighted by atomic mass is 32.2. The molecular weight excluding hydrogens is 292 g/mol. The molecule has 0 aliphatic heterocycles. The zero-order chi connectivity index (χ0) is 15.6. The first-order chi connectivity index (χ1) is 10.0. The Morgan fingerprint density at radius 2 is 1.95 bits per heavy atom. The summed E-state index contributed by atoms with van der Waals surface area (Å²) in [7, 11) is -1.40. The van der Waals surface area contributed by atoms with Gasteiger partial charge in [-0.25, -0.2) is 13.1 Å². The summed E-state index contributed by atoms with van der Waals surface area (Å²) in [6.45, 7) is 2.72. The summed E-state index contributed by atoms with van der Waals surface area (Å²) in [5, 5.41) is 10.5. The standard InChI is InChI=1S/C12H24N6O2S/c1-13-12(14-6-3-9-17-21(2,19)20)15-7-4-10-18-11-5-8-16-18/h5,8,11,17H,3-4,6-7,9-10H2,1-2H3,(H2,13,14,15). The van der Waals surface area contributed by atoms with Crippen LogP contribution in [0.3, 0.4) is 0 Å². The summed E-state index contributed by atoms with van der Waals surface area (Å²) < 4.78 is 26.1. The predicted molar refractivity (Wildman–Crippen MR) is 83.7 cm³/mol. The van der Waals surface area contributed by atoms with Crippen LogP contribution < -0.4 is 15.4 Å². The SMILES string of the molecule is CN=C(NCCCNS(C)(=O)=O)NCCCn1cccn1. The molecule has 0 fully saturated rings. The molecule has 8 nitrogen and oxygen atoms in total. The smallest absolute Gasteiger partial charge is 0.208 e. The molecule has 0 saturated heterocycles.